The van der Waals surface area contributed by atoms with Crippen LogP contribution in [0.1, 0.15) is 41.3 Å². The van der Waals surface area contributed by atoms with Gasteiger partial charge in [0.15, 0.2) is 0 Å². The fourth-order valence-corrected chi connectivity index (χ4v) is 3.71. The third-order valence-corrected chi connectivity index (χ3v) is 5.30. The van der Waals surface area contributed by atoms with Crippen molar-refractivity contribution in [2.45, 2.75) is 44.0 Å². The van der Waals surface area contributed by atoms with Gasteiger partial charge in [0.2, 0.25) is 10.0 Å². The molecule has 0 spiro atoms. The first-order valence-corrected chi connectivity index (χ1v) is 7.51. The van der Waals surface area contributed by atoms with Crippen molar-refractivity contribution in [3.63, 3.8) is 0 Å². The van der Waals surface area contributed by atoms with E-state index in [0.29, 0.717) is 11.1 Å². The molecule has 0 amide bonds. The molecule has 0 aliphatic heterocycles. The standard InChI is InChI=1S/C13H17NO4S/c1-8-6-10(12(15)16)7-11(9(8)2)19(17,18)14-13(3)4-5-13/h6-7,14H,4-5H2,1-3H3,(H,15,16). The highest BCUT2D eigenvalue weighted by Crippen LogP contribution is 2.36. The summed E-state index contributed by atoms with van der Waals surface area (Å²) in [6.07, 6.45) is 1.62. The predicted molar refractivity (Wildman–Crippen MR) is 70.8 cm³/mol. The monoisotopic (exact) mass is 283 g/mol. The van der Waals surface area contributed by atoms with Crippen LogP contribution in [0.25, 0.3) is 0 Å². The first kappa shape index (κ1) is 14.0. The zero-order valence-electron chi connectivity index (χ0n) is 11.1. The van der Waals surface area contributed by atoms with Gasteiger partial charge in [-0.25, -0.2) is 17.9 Å². The number of rotatable bonds is 4. The number of nitrogens with one attached hydrogen (secondary N) is 1. The maximum atomic E-state index is 12.3. The molecular formula is C13H17NO4S. The van der Waals surface area contributed by atoms with E-state index in [4.69, 9.17) is 5.11 Å². The molecule has 0 aromatic heterocycles. The van der Waals surface area contributed by atoms with Gasteiger partial charge in [-0.05, 0) is 56.9 Å². The summed E-state index contributed by atoms with van der Waals surface area (Å²) in [6, 6.07) is 2.70. The van der Waals surface area contributed by atoms with Crippen molar-refractivity contribution < 1.29 is 18.3 Å². The number of carboxylic acids is 1. The fourth-order valence-electron chi connectivity index (χ4n) is 1.90. The average Bonchev–Trinajstić information content (AvgIpc) is 2.98. The van der Waals surface area contributed by atoms with Crippen LogP contribution in [0.3, 0.4) is 0 Å². The van der Waals surface area contributed by atoms with Crippen LogP contribution in [-0.2, 0) is 10.0 Å². The molecule has 0 bridgehead atoms. The Morgan fingerprint density at radius 1 is 1.32 bits per heavy atom. The minimum absolute atomic E-state index is 0.00979. The highest BCUT2D eigenvalue weighted by Gasteiger charge is 2.41. The maximum absolute atomic E-state index is 12.3. The molecule has 1 aliphatic rings. The molecular weight excluding hydrogens is 266 g/mol. The van der Waals surface area contributed by atoms with E-state index < -0.39 is 16.0 Å². The Labute approximate surface area is 112 Å². The van der Waals surface area contributed by atoms with Crippen molar-refractivity contribution >= 4 is 16.0 Å². The maximum Gasteiger partial charge on any atom is 0.335 e. The van der Waals surface area contributed by atoms with Gasteiger partial charge in [-0.1, -0.05) is 0 Å². The fraction of sp³-hybridized carbons (Fsp3) is 0.462. The van der Waals surface area contributed by atoms with E-state index in [2.05, 4.69) is 4.72 Å². The lowest BCUT2D eigenvalue weighted by Gasteiger charge is -2.15. The van der Waals surface area contributed by atoms with Gasteiger partial charge in [0.05, 0.1) is 10.5 Å². The van der Waals surface area contributed by atoms with Gasteiger partial charge >= 0.3 is 5.97 Å². The molecule has 1 saturated carbocycles. The van der Waals surface area contributed by atoms with Crippen LogP contribution in [0.5, 0.6) is 0 Å². The van der Waals surface area contributed by atoms with Crippen molar-refractivity contribution in [1.82, 2.24) is 4.72 Å². The molecule has 2 N–H and O–H groups in total. The summed E-state index contributed by atoms with van der Waals surface area (Å²) < 4.78 is 27.3. The van der Waals surface area contributed by atoms with E-state index in [1.807, 2.05) is 6.92 Å². The van der Waals surface area contributed by atoms with Gasteiger partial charge in [0, 0.05) is 5.54 Å². The average molecular weight is 283 g/mol. The quantitative estimate of drug-likeness (QED) is 0.883. The third-order valence-electron chi connectivity index (χ3n) is 3.54. The molecule has 0 unspecified atom stereocenters. The molecule has 1 aromatic carbocycles. The molecule has 19 heavy (non-hydrogen) atoms. The van der Waals surface area contributed by atoms with E-state index in [9.17, 15) is 13.2 Å². The van der Waals surface area contributed by atoms with E-state index in [1.54, 1.807) is 13.8 Å². The summed E-state index contributed by atoms with van der Waals surface area (Å²) in [5.41, 5.74) is 0.852. The molecule has 0 heterocycles. The van der Waals surface area contributed by atoms with E-state index in [1.165, 1.54) is 12.1 Å². The van der Waals surface area contributed by atoms with E-state index >= 15 is 0 Å². The van der Waals surface area contributed by atoms with Gasteiger partial charge in [0.25, 0.3) is 0 Å². The first-order valence-electron chi connectivity index (χ1n) is 6.03. The molecule has 2 rings (SSSR count). The molecule has 0 atom stereocenters. The van der Waals surface area contributed by atoms with Crippen LogP contribution in [0.15, 0.2) is 17.0 Å². The first-order chi connectivity index (χ1) is 8.65. The van der Waals surface area contributed by atoms with Crippen molar-refractivity contribution in [1.29, 1.82) is 0 Å². The minimum atomic E-state index is -3.68. The molecule has 6 heteroatoms. The Balaban J connectivity index is 2.51. The van der Waals surface area contributed by atoms with Crippen LogP contribution < -0.4 is 4.72 Å². The van der Waals surface area contributed by atoms with E-state index in [0.717, 1.165) is 12.8 Å². The Kier molecular flexibility index (Phi) is 3.18. The van der Waals surface area contributed by atoms with Gasteiger partial charge in [0.1, 0.15) is 0 Å². The molecule has 1 aliphatic carbocycles. The topological polar surface area (TPSA) is 83.5 Å². The van der Waals surface area contributed by atoms with Gasteiger partial charge in [-0.2, -0.15) is 0 Å². The zero-order valence-corrected chi connectivity index (χ0v) is 12.0. The number of sulfonamides is 1. The van der Waals surface area contributed by atoms with Gasteiger partial charge < -0.3 is 5.11 Å². The van der Waals surface area contributed by atoms with Crippen LogP contribution in [0.2, 0.25) is 0 Å². The minimum Gasteiger partial charge on any atom is -0.478 e. The second kappa shape index (κ2) is 4.31. The molecule has 5 nitrogen and oxygen atoms in total. The van der Waals surface area contributed by atoms with Crippen molar-refractivity contribution in [3.05, 3.63) is 28.8 Å². The summed E-state index contributed by atoms with van der Waals surface area (Å²) in [6.45, 7) is 5.23. The summed E-state index contributed by atoms with van der Waals surface area (Å²) in [5, 5.41) is 9.02. The Morgan fingerprint density at radius 3 is 2.37 bits per heavy atom. The van der Waals surface area contributed by atoms with Crippen LogP contribution >= 0.6 is 0 Å². The van der Waals surface area contributed by atoms with Crippen LogP contribution in [0, 0.1) is 13.8 Å². The van der Waals surface area contributed by atoms with Gasteiger partial charge in [-0.15, -0.1) is 0 Å². The lowest BCUT2D eigenvalue weighted by molar-refractivity contribution is 0.0696. The van der Waals surface area contributed by atoms with Crippen LogP contribution in [0.4, 0.5) is 0 Å². The molecule has 0 saturated heterocycles. The highest BCUT2D eigenvalue weighted by molar-refractivity contribution is 7.89. The number of benzene rings is 1. The second-order valence-corrected chi connectivity index (χ2v) is 7.04. The lowest BCUT2D eigenvalue weighted by Crippen LogP contribution is -2.34. The number of carboxylic acid groups (broad SMARTS) is 1. The number of carbonyl (C=O) groups is 1. The largest absolute Gasteiger partial charge is 0.478 e. The molecule has 1 aromatic rings. The lowest BCUT2D eigenvalue weighted by atomic mass is 10.1. The molecule has 1 fully saturated rings. The number of aromatic carboxylic acids is 1. The Morgan fingerprint density at radius 2 is 1.89 bits per heavy atom. The Hall–Kier alpha value is -1.40. The third kappa shape index (κ3) is 2.79. The summed E-state index contributed by atoms with van der Waals surface area (Å²) >= 11 is 0. The normalized spacial score (nSPS) is 17.2. The molecule has 0 radical (unpaired) electrons. The zero-order chi connectivity index (χ0) is 14.4. The van der Waals surface area contributed by atoms with Gasteiger partial charge in [-0.3, -0.25) is 0 Å². The predicted octanol–water partition coefficient (Wildman–Crippen LogP) is 1.83. The highest BCUT2D eigenvalue weighted by atomic mass is 32.2. The summed E-state index contributed by atoms with van der Waals surface area (Å²) in [5.74, 6) is -1.13. The smallest absolute Gasteiger partial charge is 0.335 e. The number of hydrogen-bond acceptors (Lipinski definition) is 3. The van der Waals surface area contributed by atoms with E-state index in [-0.39, 0.29) is 16.0 Å². The summed E-state index contributed by atoms with van der Waals surface area (Å²) in [4.78, 5) is 11.1. The SMILES string of the molecule is Cc1cc(C(=O)O)cc(S(=O)(=O)NC2(C)CC2)c1C. The van der Waals surface area contributed by atoms with Crippen molar-refractivity contribution in [2.24, 2.45) is 0 Å². The molecule has 104 valence electrons. The van der Waals surface area contributed by atoms with Crippen molar-refractivity contribution in [2.75, 3.05) is 0 Å². The van der Waals surface area contributed by atoms with Crippen LogP contribution in [-0.4, -0.2) is 25.0 Å². The number of aryl methyl sites for hydroxylation is 1. The van der Waals surface area contributed by atoms with Crippen molar-refractivity contribution in [3.8, 4) is 0 Å². The second-order valence-electron chi connectivity index (χ2n) is 5.39. The Bertz CT molecular complexity index is 645. The summed E-state index contributed by atoms with van der Waals surface area (Å²) in [7, 11) is -3.68. The number of hydrogen-bond donors (Lipinski definition) is 2.